The summed E-state index contributed by atoms with van der Waals surface area (Å²) >= 11 is 0. The molecule has 0 radical (unpaired) electrons. The summed E-state index contributed by atoms with van der Waals surface area (Å²) in [6, 6.07) is 14.6. The number of aromatic nitrogens is 1. The summed E-state index contributed by atoms with van der Waals surface area (Å²) in [5.74, 6) is -2.35. The highest BCUT2D eigenvalue weighted by atomic mass is 19.1. The third-order valence-corrected chi connectivity index (χ3v) is 4.58. The molecule has 1 amide bonds. The minimum Gasteiger partial charge on any atom is -0.469 e. The minimum atomic E-state index is -0.980. The number of halogens is 1. The van der Waals surface area contributed by atoms with E-state index in [9.17, 15) is 18.8 Å². The monoisotopic (exact) mass is 412 g/mol. The Kier molecular flexibility index (Phi) is 6.46. The van der Waals surface area contributed by atoms with Crippen LogP contribution in [0.3, 0.4) is 0 Å². The van der Waals surface area contributed by atoms with Gasteiger partial charge in [0.1, 0.15) is 17.9 Å². The normalized spacial score (nSPS) is 11.7. The molecule has 7 nitrogen and oxygen atoms in total. The SMILES string of the molecule is COC(=O)CC(=O)N(Cc1ccc(F)cc1)C(C)OC(=O)c1cc2ccccc2[nH]1. The van der Waals surface area contributed by atoms with Gasteiger partial charge in [-0.25, -0.2) is 9.18 Å². The topological polar surface area (TPSA) is 88.7 Å². The number of ether oxygens (including phenoxy) is 2. The first-order chi connectivity index (χ1) is 14.4. The van der Waals surface area contributed by atoms with Gasteiger partial charge >= 0.3 is 11.9 Å². The van der Waals surface area contributed by atoms with Crippen molar-refractivity contribution in [1.82, 2.24) is 9.88 Å². The zero-order chi connectivity index (χ0) is 21.7. The smallest absolute Gasteiger partial charge is 0.356 e. The summed E-state index contributed by atoms with van der Waals surface area (Å²) < 4.78 is 23.2. The highest BCUT2D eigenvalue weighted by molar-refractivity contribution is 5.96. The zero-order valence-electron chi connectivity index (χ0n) is 16.6. The number of nitrogens with one attached hydrogen (secondary N) is 1. The van der Waals surface area contributed by atoms with Gasteiger partial charge in [0.05, 0.1) is 7.11 Å². The molecule has 0 saturated heterocycles. The molecule has 0 saturated carbocycles. The van der Waals surface area contributed by atoms with E-state index in [1.165, 1.54) is 43.2 Å². The summed E-state index contributed by atoms with van der Waals surface area (Å²) in [7, 11) is 1.18. The number of carbonyl (C=O) groups excluding carboxylic acids is 3. The number of hydrogen-bond acceptors (Lipinski definition) is 5. The number of para-hydroxylation sites is 1. The van der Waals surface area contributed by atoms with E-state index in [1.807, 2.05) is 24.3 Å². The lowest BCUT2D eigenvalue weighted by Gasteiger charge is -2.28. The fraction of sp³-hybridized carbons (Fsp3) is 0.227. The number of esters is 2. The third-order valence-electron chi connectivity index (χ3n) is 4.58. The summed E-state index contributed by atoms with van der Waals surface area (Å²) in [5.41, 5.74) is 1.63. The van der Waals surface area contributed by atoms with E-state index in [1.54, 1.807) is 6.07 Å². The molecule has 1 unspecified atom stereocenters. The molecule has 0 aliphatic rings. The van der Waals surface area contributed by atoms with Crippen LogP contribution >= 0.6 is 0 Å². The van der Waals surface area contributed by atoms with Crippen LogP contribution in [0.25, 0.3) is 10.9 Å². The molecule has 156 valence electrons. The van der Waals surface area contributed by atoms with Crippen molar-refractivity contribution in [2.75, 3.05) is 7.11 Å². The second-order valence-electron chi connectivity index (χ2n) is 6.68. The van der Waals surface area contributed by atoms with Crippen molar-refractivity contribution >= 4 is 28.7 Å². The summed E-state index contributed by atoms with van der Waals surface area (Å²) in [6.07, 6.45) is -1.49. The summed E-state index contributed by atoms with van der Waals surface area (Å²) in [6.45, 7) is 1.55. The van der Waals surface area contributed by atoms with Crippen molar-refractivity contribution < 1.29 is 28.2 Å². The molecule has 1 N–H and O–H groups in total. The number of nitrogens with zero attached hydrogens (tertiary/aromatic N) is 1. The van der Waals surface area contributed by atoms with Gasteiger partial charge in [0, 0.05) is 17.4 Å². The maximum Gasteiger partial charge on any atom is 0.356 e. The molecule has 0 fully saturated rings. The highest BCUT2D eigenvalue weighted by Crippen LogP contribution is 2.18. The Hall–Kier alpha value is -3.68. The van der Waals surface area contributed by atoms with Gasteiger partial charge < -0.3 is 19.4 Å². The van der Waals surface area contributed by atoms with E-state index in [0.717, 1.165) is 10.9 Å². The maximum absolute atomic E-state index is 13.2. The van der Waals surface area contributed by atoms with Crippen molar-refractivity contribution in [2.45, 2.75) is 26.1 Å². The third kappa shape index (κ3) is 5.02. The standard InChI is InChI=1S/C22H21FN2O5/c1-14(30-22(28)19-11-16-5-3-4-6-18(16)24-19)25(20(26)12-21(27)29-2)13-15-7-9-17(23)10-8-15/h3-11,14,24H,12-13H2,1-2H3. The Balaban J connectivity index is 1.77. The number of carbonyl (C=O) groups is 3. The first kappa shape index (κ1) is 21.0. The van der Waals surface area contributed by atoms with E-state index >= 15 is 0 Å². The average molecular weight is 412 g/mol. The second kappa shape index (κ2) is 9.21. The molecule has 0 bridgehead atoms. The largest absolute Gasteiger partial charge is 0.469 e. The number of hydrogen-bond donors (Lipinski definition) is 1. The lowest BCUT2D eigenvalue weighted by atomic mass is 10.2. The molecule has 3 aromatic rings. The predicted octanol–water partition coefficient (Wildman–Crippen LogP) is 3.40. The lowest BCUT2D eigenvalue weighted by molar-refractivity contribution is -0.151. The molecular formula is C22H21FN2O5. The molecule has 1 atom stereocenters. The minimum absolute atomic E-state index is 0.0251. The van der Waals surface area contributed by atoms with E-state index in [2.05, 4.69) is 9.72 Å². The Morgan fingerprint density at radius 1 is 1.10 bits per heavy atom. The van der Waals surface area contributed by atoms with Crippen LogP contribution in [0.1, 0.15) is 29.4 Å². The van der Waals surface area contributed by atoms with Crippen LogP contribution in [-0.4, -0.2) is 41.1 Å². The molecule has 2 aromatic carbocycles. The summed E-state index contributed by atoms with van der Waals surface area (Å²) in [5, 5.41) is 0.849. The van der Waals surface area contributed by atoms with Gasteiger partial charge in [-0.05, 0) is 36.8 Å². The second-order valence-corrected chi connectivity index (χ2v) is 6.68. The Labute approximate surface area is 172 Å². The number of benzene rings is 2. The predicted molar refractivity (Wildman–Crippen MR) is 107 cm³/mol. The number of amides is 1. The van der Waals surface area contributed by atoms with Crippen LogP contribution in [0.5, 0.6) is 0 Å². The fourth-order valence-corrected chi connectivity index (χ4v) is 2.97. The average Bonchev–Trinajstić information content (AvgIpc) is 3.17. The van der Waals surface area contributed by atoms with Crippen LogP contribution in [-0.2, 0) is 25.6 Å². The van der Waals surface area contributed by atoms with Crippen LogP contribution in [0, 0.1) is 5.82 Å². The van der Waals surface area contributed by atoms with Crippen molar-refractivity contribution in [3.05, 3.63) is 71.7 Å². The van der Waals surface area contributed by atoms with Crippen molar-refractivity contribution in [2.24, 2.45) is 0 Å². The van der Waals surface area contributed by atoms with E-state index < -0.39 is 36.3 Å². The van der Waals surface area contributed by atoms with Crippen LogP contribution < -0.4 is 0 Å². The van der Waals surface area contributed by atoms with Gasteiger partial charge in [-0.15, -0.1) is 0 Å². The number of aromatic amines is 1. The van der Waals surface area contributed by atoms with Crippen LogP contribution in [0.2, 0.25) is 0 Å². The van der Waals surface area contributed by atoms with Crippen molar-refractivity contribution in [1.29, 1.82) is 0 Å². The molecule has 1 aromatic heterocycles. The lowest BCUT2D eigenvalue weighted by Crippen LogP contribution is -2.41. The van der Waals surface area contributed by atoms with E-state index in [4.69, 9.17) is 4.74 Å². The molecule has 0 spiro atoms. The number of fused-ring (bicyclic) bond motifs is 1. The number of rotatable bonds is 7. The van der Waals surface area contributed by atoms with Crippen molar-refractivity contribution in [3.8, 4) is 0 Å². The first-order valence-electron chi connectivity index (χ1n) is 9.27. The Morgan fingerprint density at radius 2 is 1.80 bits per heavy atom. The van der Waals surface area contributed by atoms with E-state index in [-0.39, 0.29) is 12.2 Å². The van der Waals surface area contributed by atoms with Gasteiger partial charge in [0.25, 0.3) is 0 Å². The maximum atomic E-state index is 13.2. The van der Waals surface area contributed by atoms with Gasteiger partial charge in [-0.3, -0.25) is 9.59 Å². The molecule has 0 aliphatic carbocycles. The van der Waals surface area contributed by atoms with Crippen LogP contribution in [0.15, 0.2) is 54.6 Å². The van der Waals surface area contributed by atoms with Gasteiger partial charge in [-0.1, -0.05) is 30.3 Å². The first-order valence-corrected chi connectivity index (χ1v) is 9.27. The van der Waals surface area contributed by atoms with Crippen molar-refractivity contribution in [3.63, 3.8) is 0 Å². The molecule has 0 aliphatic heterocycles. The quantitative estimate of drug-likeness (QED) is 0.365. The Bertz CT molecular complexity index is 1030. The number of H-pyrrole nitrogens is 1. The Morgan fingerprint density at radius 3 is 2.47 bits per heavy atom. The molecular weight excluding hydrogens is 391 g/mol. The molecule has 1 heterocycles. The van der Waals surface area contributed by atoms with Gasteiger partial charge in [-0.2, -0.15) is 0 Å². The van der Waals surface area contributed by atoms with Gasteiger partial charge in [0.2, 0.25) is 5.91 Å². The molecule has 30 heavy (non-hydrogen) atoms. The summed E-state index contributed by atoms with van der Waals surface area (Å²) in [4.78, 5) is 41.0. The molecule has 3 rings (SSSR count). The van der Waals surface area contributed by atoms with E-state index in [0.29, 0.717) is 5.56 Å². The fourth-order valence-electron chi connectivity index (χ4n) is 2.97. The van der Waals surface area contributed by atoms with Crippen LogP contribution in [0.4, 0.5) is 4.39 Å². The zero-order valence-corrected chi connectivity index (χ0v) is 16.6. The number of methoxy groups -OCH3 is 1. The highest BCUT2D eigenvalue weighted by Gasteiger charge is 2.26. The molecule has 8 heteroatoms. The van der Waals surface area contributed by atoms with Gasteiger partial charge in [0.15, 0.2) is 6.23 Å².